The molecular formula is C12H30O8Si2. The van der Waals surface area contributed by atoms with Crippen molar-refractivity contribution in [1.29, 1.82) is 0 Å². The highest BCUT2D eigenvalue weighted by atomic mass is 28.5. The lowest BCUT2D eigenvalue weighted by atomic mass is 10.1. The van der Waals surface area contributed by atoms with Crippen LogP contribution in [-0.2, 0) is 18.0 Å². The van der Waals surface area contributed by atoms with Gasteiger partial charge in [0.15, 0.2) is 0 Å². The lowest BCUT2D eigenvalue weighted by Gasteiger charge is -2.26. The summed E-state index contributed by atoms with van der Waals surface area (Å²) in [7, 11) is -9.46. The Morgan fingerprint density at radius 2 is 1.59 bits per heavy atom. The molecule has 2 atom stereocenters. The average molecular weight is 359 g/mol. The van der Waals surface area contributed by atoms with Crippen LogP contribution in [0.1, 0.15) is 59.8 Å². The number of rotatable bonds is 13. The Morgan fingerprint density at radius 3 is 2.09 bits per heavy atom. The minimum Gasteiger partial charge on any atom is -0.368 e. The maximum atomic E-state index is 10.1. The second kappa shape index (κ2) is 10.8. The van der Waals surface area contributed by atoms with Crippen molar-refractivity contribution in [3.8, 4) is 0 Å². The molecule has 0 radical (unpaired) electrons. The van der Waals surface area contributed by atoms with Crippen molar-refractivity contribution in [3.63, 3.8) is 0 Å². The smallest absolute Gasteiger partial charge is 0.368 e. The van der Waals surface area contributed by atoms with Crippen LogP contribution in [0.25, 0.3) is 0 Å². The van der Waals surface area contributed by atoms with Crippen molar-refractivity contribution < 1.29 is 37.2 Å². The van der Waals surface area contributed by atoms with Crippen molar-refractivity contribution in [2.24, 2.45) is 5.92 Å². The van der Waals surface area contributed by atoms with Gasteiger partial charge in [-0.05, 0) is 25.7 Å². The van der Waals surface area contributed by atoms with Crippen LogP contribution in [0.5, 0.6) is 0 Å². The number of unbranched alkanes of at least 4 members (excludes halogenated alkanes) is 3. The number of hydrogen-bond acceptors (Lipinski definition) is 8. The van der Waals surface area contributed by atoms with Gasteiger partial charge in [-0.15, -0.1) is 0 Å². The molecule has 0 fully saturated rings. The fourth-order valence-corrected chi connectivity index (χ4v) is 4.31. The van der Waals surface area contributed by atoms with E-state index in [0.29, 0.717) is 18.8 Å². The van der Waals surface area contributed by atoms with Gasteiger partial charge >= 0.3 is 18.1 Å². The van der Waals surface area contributed by atoms with Crippen molar-refractivity contribution in [2.75, 3.05) is 6.61 Å². The maximum Gasteiger partial charge on any atom is 0.699 e. The van der Waals surface area contributed by atoms with Crippen LogP contribution < -0.4 is 0 Å². The molecule has 22 heavy (non-hydrogen) atoms. The molecule has 2 unspecified atom stereocenters. The van der Waals surface area contributed by atoms with Crippen LogP contribution in [0.2, 0.25) is 0 Å². The second-order valence-electron chi connectivity index (χ2n) is 5.73. The molecule has 0 aliphatic heterocycles. The van der Waals surface area contributed by atoms with E-state index in [4.69, 9.17) is 28.3 Å². The molecular weight excluding hydrogens is 328 g/mol. The fourth-order valence-electron chi connectivity index (χ4n) is 1.82. The molecule has 4 N–H and O–H groups in total. The summed E-state index contributed by atoms with van der Waals surface area (Å²) in [6, 6.07) is 0. The van der Waals surface area contributed by atoms with Crippen molar-refractivity contribution in [1.82, 2.24) is 0 Å². The van der Waals surface area contributed by atoms with E-state index in [-0.39, 0.29) is 12.7 Å². The topological polar surface area (TPSA) is 118 Å². The fraction of sp³-hybridized carbons (Fsp3) is 1.00. The van der Waals surface area contributed by atoms with Gasteiger partial charge in [0.1, 0.15) is 0 Å². The summed E-state index contributed by atoms with van der Waals surface area (Å²) in [6.07, 6.45) is 3.93. The van der Waals surface area contributed by atoms with Gasteiger partial charge in [0, 0.05) is 6.61 Å². The molecule has 0 aliphatic carbocycles. The van der Waals surface area contributed by atoms with Gasteiger partial charge in [0.25, 0.3) is 0 Å². The normalized spacial score (nSPS) is 16.8. The van der Waals surface area contributed by atoms with E-state index < -0.39 is 18.1 Å². The predicted octanol–water partition coefficient (Wildman–Crippen LogP) is 0.823. The first-order chi connectivity index (χ1) is 10.1. The van der Waals surface area contributed by atoms with Gasteiger partial charge in [-0.3, -0.25) is 0 Å². The maximum absolute atomic E-state index is 10.1. The van der Waals surface area contributed by atoms with E-state index in [0.717, 1.165) is 19.3 Å². The van der Waals surface area contributed by atoms with E-state index in [2.05, 4.69) is 11.0 Å². The summed E-state index contributed by atoms with van der Waals surface area (Å²) >= 11 is 0. The zero-order chi connectivity index (χ0) is 17.2. The molecule has 10 heteroatoms. The molecule has 0 aromatic rings. The minimum atomic E-state index is -4.99. The monoisotopic (exact) mass is 358 g/mol. The largest absolute Gasteiger partial charge is 0.699 e. The summed E-state index contributed by atoms with van der Waals surface area (Å²) in [5.74, 6) is 0.353. The molecule has 0 aromatic heterocycles. The van der Waals surface area contributed by atoms with Gasteiger partial charge in [-0.2, -0.15) is 4.58 Å². The van der Waals surface area contributed by atoms with Crippen molar-refractivity contribution >= 4 is 18.1 Å². The van der Waals surface area contributed by atoms with Crippen LogP contribution in [0.3, 0.4) is 0 Å². The molecule has 0 spiro atoms. The third-order valence-electron chi connectivity index (χ3n) is 2.67. The Labute approximate surface area is 134 Å². The Balaban J connectivity index is 4.39. The number of hydrogen-bond donors (Lipinski definition) is 4. The SMILES string of the molecule is CCCCCCO[Si](O)(OOC(C)CC(C)C)O[Si](O)(O)O. The Morgan fingerprint density at radius 1 is 0.955 bits per heavy atom. The standard InChI is InChI=1S/C12H30O8Si2/c1-5-6-7-8-9-17-22(16,20-21(13,14)15)19-18-12(4)10-11(2)3/h11-16H,5-10H2,1-4H3. The lowest BCUT2D eigenvalue weighted by Crippen LogP contribution is -2.57. The summed E-state index contributed by atoms with van der Waals surface area (Å²) in [6.45, 7) is 7.90. The average Bonchev–Trinajstić information content (AvgIpc) is 2.33. The quantitative estimate of drug-likeness (QED) is 0.165. The van der Waals surface area contributed by atoms with Crippen molar-refractivity contribution in [2.45, 2.75) is 65.9 Å². The molecule has 0 saturated heterocycles. The Kier molecular flexibility index (Phi) is 10.9. The van der Waals surface area contributed by atoms with Gasteiger partial charge in [0.2, 0.25) is 0 Å². The Hall–Kier alpha value is 0.114. The van der Waals surface area contributed by atoms with Crippen LogP contribution >= 0.6 is 0 Å². The third kappa shape index (κ3) is 12.6. The first-order valence-corrected chi connectivity index (χ1v) is 11.1. The zero-order valence-corrected chi connectivity index (χ0v) is 15.8. The van der Waals surface area contributed by atoms with Gasteiger partial charge in [0.05, 0.1) is 6.10 Å². The van der Waals surface area contributed by atoms with Crippen LogP contribution in [0.15, 0.2) is 0 Å². The van der Waals surface area contributed by atoms with Crippen molar-refractivity contribution in [3.05, 3.63) is 0 Å². The molecule has 0 aromatic carbocycles. The van der Waals surface area contributed by atoms with Gasteiger partial charge < -0.3 is 27.7 Å². The van der Waals surface area contributed by atoms with E-state index >= 15 is 0 Å². The minimum absolute atomic E-state index is 0.106. The molecule has 0 saturated carbocycles. The molecule has 0 bridgehead atoms. The highest BCUT2D eigenvalue weighted by Gasteiger charge is 2.53. The molecule has 134 valence electrons. The highest BCUT2D eigenvalue weighted by molar-refractivity contribution is 6.65. The third-order valence-corrected chi connectivity index (χ3v) is 5.67. The summed E-state index contributed by atoms with van der Waals surface area (Å²) in [4.78, 5) is 42.1. The van der Waals surface area contributed by atoms with Crippen LogP contribution in [0.4, 0.5) is 0 Å². The molecule has 0 heterocycles. The first-order valence-electron chi connectivity index (χ1n) is 7.66. The predicted molar refractivity (Wildman–Crippen MR) is 82.6 cm³/mol. The van der Waals surface area contributed by atoms with Gasteiger partial charge in [-0.1, -0.05) is 40.0 Å². The summed E-state index contributed by atoms with van der Waals surface area (Å²) < 4.78 is 14.3. The van der Waals surface area contributed by atoms with Crippen LogP contribution in [0, 0.1) is 5.92 Å². The van der Waals surface area contributed by atoms with E-state index in [1.54, 1.807) is 6.92 Å². The summed E-state index contributed by atoms with van der Waals surface area (Å²) in [5.41, 5.74) is 0. The first kappa shape index (κ1) is 22.1. The lowest BCUT2D eigenvalue weighted by molar-refractivity contribution is -0.295. The molecule has 8 nitrogen and oxygen atoms in total. The van der Waals surface area contributed by atoms with E-state index in [1.165, 1.54) is 0 Å². The molecule has 0 aliphatic rings. The zero-order valence-electron chi connectivity index (χ0n) is 13.8. The Bertz CT molecular complexity index is 287. The van der Waals surface area contributed by atoms with Gasteiger partial charge in [-0.25, -0.2) is 4.89 Å². The van der Waals surface area contributed by atoms with E-state index in [1.807, 2.05) is 13.8 Å². The van der Waals surface area contributed by atoms with Crippen LogP contribution in [-0.4, -0.2) is 50.0 Å². The summed E-state index contributed by atoms with van der Waals surface area (Å²) in [5, 5.41) is 0. The molecule has 0 rings (SSSR count). The van der Waals surface area contributed by atoms with E-state index in [9.17, 15) is 4.80 Å². The highest BCUT2D eigenvalue weighted by Crippen LogP contribution is 2.15. The molecule has 0 amide bonds. The second-order valence-corrected chi connectivity index (χ2v) is 9.20.